The van der Waals surface area contributed by atoms with Crippen molar-refractivity contribution in [2.24, 2.45) is 0 Å². The lowest BCUT2D eigenvalue weighted by Crippen LogP contribution is -2.35. The van der Waals surface area contributed by atoms with Crippen LogP contribution in [0.5, 0.6) is 0 Å². The molecule has 1 saturated heterocycles. The predicted octanol–water partition coefficient (Wildman–Crippen LogP) is 4.22. The molecule has 0 amide bonds. The van der Waals surface area contributed by atoms with Crippen molar-refractivity contribution >= 4 is 44.0 Å². The molecule has 1 aliphatic rings. The number of halogens is 1. The van der Waals surface area contributed by atoms with E-state index in [2.05, 4.69) is 36.6 Å². The van der Waals surface area contributed by atoms with Crippen LogP contribution in [0, 0.1) is 0 Å². The summed E-state index contributed by atoms with van der Waals surface area (Å²) in [5, 5.41) is 3.51. The molecule has 2 aromatic carbocycles. The third kappa shape index (κ3) is 3.26. The summed E-state index contributed by atoms with van der Waals surface area (Å²) in [6.07, 6.45) is 1.90. The fourth-order valence-corrected chi connectivity index (χ4v) is 4.00. The van der Waals surface area contributed by atoms with Crippen molar-refractivity contribution in [2.75, 3.05) is 31.6 Å². The summed E-state index contributed by atoms with van der Waals surface area (Å²) in [5.41, 5.74) is 5.00. The van der Waals surface area contributed by atoms with Crippen molar-refractivity contribution in [3.8, 4) is 0 Å². The topological polar surface area (TPSA) is 54.7 Å². The second kappa shape index (κ2) is 7.50. The van der Waals surface area contributed by atoms with Crippen LogP contribution in [0.4, 0.5) is 11.5 Å². The van der Waals surface area contributed by atoms with Gasteiger partial charge in [-0.3, -0.25) is 9.30 Å². The number of para-hydroxylation sites is 3. The summed E-state index contributed by atoms with van der Waals surface area (Å²) >= 11 is 3.62. The SMILES string of the molecule is Brc1ccccc1Nc1nc2ccccc2n2cnc(CN3CCOCC3)c12. The first-order valence-electron chi connectivity index (χ1n) is 9.36. The number of nitrogens with zero attached hydrogens (tertiary/aromatic N) is 4. The Labute approximate surface area is 171 Å². The molecule has 1 aliphatic heterocycles. The lowest BCUT2D eigenvalue weighted by molar-refractivity contribution is 0.0339. The molecule has 0 saturated carbocycles. The number of aromatic nitrogens is 3. The van der Waals surface area contributed by atoms with Crippen LogP contribution in [0.1, 0.15) is 5.69 Å². The summed E-state index contributed by atoms with van der Waals surface area (Å²) in [6.45, 7) is 4.18. The zero-order chi connectivity index (χ0) is 18.9. The lowest BCUT2D eigenvalue weighted by Gasteiger charge is -2.26. The molecule has 2 aromatic heterocycles. The normalized spacial score (nSPS) is 15.3. The summed E-state index contributed by atoms with van der Waals surface area (Å²) in [7, 11) is 0. The second-order valence-corrected chi connectivity index (χ2v) is 7.71. The first kappa shape index (κ1) is 17.6. The molecule has 7 heteroatoms. The second-order valence-electron chi connectivity index (χ2n) is 6.85. The molecule has 0 radical (unpaired) electrons. The fraction of sp³-hybridized carbons (Fsp3) is 0.238. The molecule has 6 nitrogen and oxygen atoms in total. The summed E-state index contributed by atoms with van der Waals surface area (Å²) in [6, 6.07) is 16.2. The smallest absolute Gasteiger partial charge is 0.157 e. The Balaban J connectivity index is 1.65. The number of imidazole rings is 1. The Bertz CT molecular complexity index is 1140. The van der Waals surface area contributed by atoms with E-state index in [0.29, 0.717) is 0 Å². The van der Waals surface area contributed by atoms with E-state index in [0.717, 1.165) is 71.1 Å². The molecular formula is C21H20BrN5O. The molecule has 4 aromatic rings. The van der Waals surface area contributed by atoms with Gasteiger partial charge in [0.15, 0.2) is 5.82 Å². The zero-order valence-corrected chi connectivity index (χ0v) is 16.9. The number of benzene rings is 2. The minimum atomic E-state index is 0.773. The van der Waals surface area contributed by atoms with Gasteiger partial charge in [-0.15, -0.1) is 0 Å². The Morgan fingerprint density at radius 2 is 1.82 bits per heavy atom. The highest BCUT2D eigenvalue weighted by Gasteiger charge is 2.18. The van der Waals surface area contributed by atoms with E-state index in [-0.39, 0.29) is 0 Å². The number of fused-ring (bicyclic) bond motifs is 3. The van der Waals surface area contributed by atoms with Gasteiger partial charge in [0, 0.05) is 24.1 Å². The van der Waals surface area contributed by atoms with E-state index in [1.54, 1.807) is 0 Å². The molecule has 0 aliphatic carbocycles. The van der Waals surface area contributed by atoms with Gasteiger partial charge in [-0.2, -0.15) is 0 Å². The molecule has 0 spiro atoms. The monoisotopic (exact) mass is 437 g/mol. The first-order valence-corrected chi connectivity index (χ1v) is 10.2. The fourth-order valence-electron chi connectivity index (χ4n) is 3.62. The number of rotatable bonds is 4. The lowest BCUT2D eigenvalue weighted by atomic mass is 10.2. The maximum Gasteiger partial charge on any atom is 0.157 e. The summed E-state index contributed by atoms with van der Waals surface area (Å²) in [4.78, 5) is 12.1. The highest BCUT2D eigenvalue weighted by Crippen LogP contribution is 2.30. The van der Waals surface area contributed by atoms with Crippen molar-refractivity contribution in [3.63, 3.8) is 0 Å². The third-order valence-corrected chi connectivity index (χ3v) is 5.74. The molecule has 1 N–H and O–H groups in total. The largest absolute Gasteiger partial charge is 0.379 e. The molecule has 0 unspecified atom stereocenters. The number of anilines is 2. The van der Waals surface area contributed by atoms with Crippen molar-refractivity contribution in [1.29, 1.82) is 0 Å². The maximum atomic E-state index is 5.48. The van der Waals surface area contributed by atoms with Crippen molar-refractivity contribution in [1.82, 2.24) is 19.3 Å². The molecule has 3 heterocycles. The van der Waals surface area contributed by atoms with Crippen LogP contribution in [-0.2, 0) is 11.3 Å². The number of hydrogen-bond donors (Lipinski definition) is 1. The third-order valence-electron chi connectivity index (χ3n) is 5.05. The van der Waals surface area contributed by atoms with Crippen LogP contribution in [0.3, 0.4) is 0 Å². The van der Waals surface area contributed by atoms with Crippen molar-refractivity contribution in [2.45, 2.75) is 6.54 Å². The molecule has 0 bridgehead atoms. The van der Waals surface area contributed by atoms with Gasteiger partial charge in [-0.05, 0) is 40.2 Å². The number of ether oxygens (including phenoxy) is 1. The van der Waals surface area contributed by atoms with Crippen LogP contribution < -0.4 is 5.32 Å². The van der Waals surface area contributed by atoms with Gasteiger partial charge < -0.3 is 10.1 Å². The van der Waals surface area contributed by atoms with E-state index < -0.39 is 0 Å². The van der Waals surface area contributed by atoms with Gasteiger partial charge in [0.1, 0.15) is 11.8 Å². The summed E-state index contributed by atoms with van der Waals surface area (Å²) in [5.74, 6) is 0.811. The van der Waals surface area contributed by atoms with Crippen molar-refractivity contribution < 1.29 is 4.74 Å². The summed E-state index contributed by atoms with van der Waals surface area (Å²) < 4.78 is 8.62. The minimum absolute atomic E-state index is 0.773. The molecular weight excluding hydrogens is 418 g/mol. The van der Waals surface area contributed by atoms with E-state index >= 15 is 0 Å². The van der Waals surface area contributed by atoms with Gasteiger partial charge in [0.25, 0.3) is 0 Å². The molecule has 5 rings (SSSR count). The van der Waals surface area contributed by atoms with E-state index in [9.17, 15) is 0 Å². The van der Waals surface area contributed by atoms with Crippen LogP contribution in [0.2, 0.25) is 0 Å². The van der Waals surface area contributed by atoms with E-state index in [1.807, 2.05) is 48.8 Å². The molecule has 28 heavy (non-hydrogen) atoms. The Morgan fingerprint density at radius 1 is 1.04 bits per heavy atom. The average Bonchev–Trinajstić information content (AvgIpc) is 3.15. The van der Waals surface area contributed by atoms with Crippen LogP contribution in [0.25, 0.3) is 16.6 Å². The maximum absolute atomic E-state index is 5.48. The standard InChI is InChI=1S/C21H20BrN5O/c22-15-5-1-2-6-16(15)24-21-20-18(13-26-9-11-28-12-10-26)23-14-27(20)19-8-4-3-7-17(19)25-21/h1-8,14H,9-13H2,(H,24,25). The van der Waals surface area contributed by atoms with Crippen LogP contribution in [-0.4, -0.2) is 45.6 Å². The van der Waals surface area contributed by atoms with Crippen LogP contribution >= 0.6 is 15.9 Å². The highest BCUT2D eigenvalue weighted by atomic mass is 79.9. The predicted molar refractivity (Wildman–Crippen MR) is 114 cm³/mol. The Morgan fingerprint density at radius 3 is 2.68 bits per heavy atom. The Kier molecular flexibility index (Phi) is 4.72. The van der Waals surface area contributed by atoms with Crippen LogP contribution in [0.15, 0.2) is 59.3 Å². The number of morpholine rings is 1. The molecule has 1 fully saturated rings. The van der Waals surface area contributed by atoms with Gasteiger partial charge in [0.2, 0.25) is 0 Å². The van der Waals surface area contributed by atoms with Gasteiger partial charge in [-0.25, -0.2) is 9.97 Å². The number of nitrogens with one attached hydrogen (secondary N) is 1. The van der Waals surface area contributed by atoms with Crippen molar-refractivity contribution in [3.05, 3.63) is 65.0 Å². The van der Waals surface area contributed by atoms with E-state index in [4.69, 9.17) is 14.7 Å². The van der Waals surface area contributed by atoms with Gasteiger partial charge in [0.05, 0.1) is 35.6 Å². The quantitative estimate of drug-likeness (QED) is 0.517. The molecule has 0 atom stereocenters. The average molecular weight is 438 g/mol. The zero-order valence-electron chi connectivity index (χ0n) is 15.3. The first-order chi connectivity index (χ1) is 13.8. The number of hydrogen-bond acceptors (Lipinski definition) is 5. The van der Waals surface area contributed by atoms with Gasteiger partial charge in [-0.1, -0.05) is 24.3 Å². The Hall–Kier alpha value is -2.48. The molecule has 142 valence electrons. The van der Waals surface area contributed by atoms with Gasteiger partial charge >= 0.3 is 0 Å². The minimum Gasteiger partial charge on any atom is -0.379 e. The highest BCUT2D eigenvalue weighted by molar-refractivity contribution is 9.10. The van der Waals surface area contributed by atoms with E-state index in [1.165, 1.54) is 0 Å².